The van der Waals surface area contributed by atoms with Gasteiger partial charge in [0.1, 0.15) is 0 Å². The van der Waals surface area contributed by atoms with Gasteiger partial charge >= 0.3 is 0 Å². The lowest BCUT2D eigenvalue weighted by Gasteiger charge is -2.38. The second-order valence-corrected chi connectivity index (χ2v) is 4.67. The van der Waals surface area contributed by atoms with Crippen LogP contribution in [0.5, 0.6) is 0 Å². The van der Waals surface area contributed by atoms with E-state index in [2.05, 4.69) is 17.1 Å². The molecular formula is C11H22N2O. The number of methoxy groups -OCH3 is 1. The molecule has 3 atom stereocenters. The molecule has 0 aromatic heterocycles. The zero-order valence-electron chi connectivity index (χ0n) is 9.33. The van der Waals surface area contributed by atoms with Crippen molar-refractivity contribution in [3.63, 3.8) is 0 Å². The predicted molar refractivity (Wildman–Crippen MR) is 57.4 cm³/mol. The van der Waals surface area contributed by atoms with E-state index in [0.717, 1.165) is 18.5 Å². The second kappa shape index (κ2) is 4.60. The van der Waals surface area contributed by atoms with Crippen LogP contribution in [0.4, 0.5) is 0 Å². The fraction of sp³-hybridized carbons (Fsp3) is 1.00. The van der Waals surface area contributed by atoms with Gasteiger partial charge in [0.15, 0.2) is 0 Å². The number of likely N-dealkylation sites (tertiary alicyclic amines) is 1. The lowest BCUT2D eigenvalue weighted by Crippen LogP contribution is -2.47. The molecule has 0 amide bonds. The largest absolute Gasteiger partial charge is 0.380 e. The van der Waals surface area contributed by atoms with E-state index in [1.165, 1.54) is 32.5 Å². The topological polar surface area (TPSA) is 24.5 Å². The van der Waals surface area contributed by atoms with E-state index in [-0.39, 0.29) is 0 Å². The van der Waals surface area contributed by atoms with E-state index in [9.17, 15) is 0 Å². The first-order valence-corrected chi connectivity index (χ1v) is 5.79. The van der Waals surface area contributed by atoms with E-state index in [0.29, 0.717) is 6.10 Å². The third-order valence-electron chi connectivity index (χ3n) is 3.69. The van der Waals surface area contributed by atoms with Crippen molar-refractivity contribution in [3.05, 3.63) is 0 Å². The van der Waals surface area contributed by atoms with Crippen LogP contribution in [0, 0.1) is 5.92 Å². The fourth-order valence-corrected chi connectivity index (χ4v) is 2.79. The molecule has 3 nitrogen and oxygen atoms in total. The molecule has 14 heavy (non-hydrogen) atoms. The van der Waals surface area contributed by atoms with Crippen molar-refractivity contribution in [3.8, 4) is 0 Å². The molecule has 0 radical (unpaired) electrons. The number of fused-ring (bicyclic) bond motifs is 1. The first-order valence-electron chi connectivity index (χ1n) is 5.79. The van der Waals surface area contributed by atoms with E-state index in [4.69, 9.17) is 4.74 Å². The normalized spacial score (nSPS) is 35.6. The molecule has 3 unspecified atom stereocenters. The molecule has 0 aromatic carbocycles. The van der Waals surface area contributed by atoms with Crippen LogP contribution in [-0.4, -0.2) is 50.3 Å². The highest BCUT2D eigenvalue weighted by Crippen LogP contribution is 2.26. The van der Waals surface area contributed by atoms with Gasteiger partial charge < -0.3 is 10.1 Å². The van der Waals surface area contributed by atoms with Crippen molar-refractivity contribution in [2.24, 2.45) is 5.92 Å². The number of nitrogens with zero attached hydrogens (tertiary/aromatic N) is 1. The maximum absolute atomic E-state index is 5.34. The highest BCUT2D eigenvalue weighted by Gasteiger charge is 2.35. The molecule has 2 saturated heterocycles. The summed E-state index contributed by atoms with van der Waals surface area (Å²) in [7, 11) is 1.80. The zero-order valence-corrected chi connectivity index (χ0v) is 9.33. The molecule has 1 N–H and O–H groups in total. The number of hydrogen-bond donors (Lipinski definition) is 1. The average Bonchev–Trinajstić information content (AvgIpc) is 2.66. The summed E-state index contributed by atoms with van der Waals surface area (Å²) in [4.78, 5) is 2.61. The standard InChI is InChI=1S/C11H22N2O/c1-9(14-2)8-13-5-3-4-10-6-12-7-11(10)13/h9-12H,3-8H2,1-2H3. The quantitative estimate of drug-likeness (QED) is 0.722. The van der Waals surface area contributed by atoms with Crippen molar-refractivity contribution in [2.75, 3.05) is 33.3 Å². The van der Waals surface area contributed by atoms with E-state index < -0.39 is 0 Å². The van der Waals surface area contributed by atoms with E-state index in [1.807, 2.05) is 0 Å². The summed E-state index contributed by atoms with van der Waals surface area (Å²) < 4.78 is 5.34. The lowest BCUT2D eigenvalue weighted by atomic mass is 9.92. The van der Waals surface area contributed by atoms with Crippen LogP contribution >= 0.6 is 0 Å². The van der Waals surface area contributed by atoms with Crippen LogP contribution in [-0.2, 0) is 4.74 Å². The van der Waals surface area contributed by atoms with Crippen LogP contribution in [0.3, 0.4) is 0 Å². The summed E-state index contributed by atoms with van der Waals surface area (Å²) >= 11 is 0. The number of hydrogen-bond acceptors (Lipinski definition) is 3. The minimum Gasteiger partial charge on any atom is -0.380 e. The van der Waals surface area contributed by atoms with Gasteiger partial charge in [-0.15, -0.1) is 0 Å². The Morgan fingerprint density at radius 1 is 1.50 bits per heavy atom. The number of rotatable bonds is 3. The summed E-state index contributed by atoms with van der Waals surface area (Å²) in [6.45, 7) is 6.92. The minimum atomic E-state index is 0.370. The first kappa shape index (κ1) is 10.4. The summed E-state index contributed by atoms with van der Waals surface area (Å²) in [6, 6.07) is 0.779. The van der Waals surface area contributed by atoms with Gasteiger partial charge in [0.05, 0.1) is 6.10 Å². The van der Waals surface area contributed by atoms with Crippen molar-refractivity contribution in [1.82, 2.24) is 10.2 Å². The Hall–Kier alpha value is -0.120. The smallest absolute Gasteiger partial charge is 0.0670 e. The maximum atomic E-state index is 5.34. The van der Waals surface area contributed by atoms with E-state index in [1.54, 1.807) is 7.11 Å². The Labute approximate surface area is 86.8 Å². The van der Waals surface area contributed by atoms with E-state index >= 15 is 0 Å². The molecule has 2 aliphatic rings. The van der Waals surface area contributed by atoms with Gasteiger partial charge in [-0.25, -0.2) is 0 Å². The van der Waals surface area contributed by atoms with Gasteiger partial charge in [0, 0.05) is 26.2 Å². The number of ether oxygens (including phenoxy) is 1. The number of nitrogens with one attached hydrogen (secondary N) is 1. The van der Waals surface area contributed by atoms with Gasteiger partial charge in [-0.2, -0.15) is 0 Å². The monoisotopic (exact) mass is 198 g/mol. The van der Waals surface area contributed by atoms with Gasteiger partial charge in [0.2, 0.25) is 0 Å². The number of piperidine rings is 1. The van der Waals surface area contributed by atoms with Crippen LogP contribution in [0.25, 0.3) is 0 Å². The van der Waals surface area contributed by atoms with Crippen molar-refractivity contribution in [1.29, 1.82) is 0 Å². The molecule has 0 aromatic rings. The fourth-order valence-electron chi connectivity index (χ4n) is 2.79. The highest BCUT2D eigenvalue weighted by atomic mass is 16.5. The summed E-state index contributed by atoms with van der Waals surface area (Å²) in [5.41, 5.74) is 0. The molecule has 0 bridgehead atoms. The molecule has 2 fully saturated rings. The summed E-state index contributed by atoms with van der Waals surface area (Å²) in [5, 5.41) is 3.50. The molecule has 2 heterocycles. The zero-order chi connectivity index (χ0) is 9.97. The lowest BCUT2D eigenvalue weighted by molar-refractivity contribution is 0.0393. The third-order valence-corrected chi connectivity index (χ3v) is 3.69. The Balaban J connectivity index is 1.90. The van der Waals surface area contributed by atoms with Gasteiger partial charge in [-0.1, -0.05) is 0 Å². The minimum absolute atomic E-state index is 0.370. The Kier molecular flexibility index (Phi) is 3.42. The van der Waals surface area contributed by atoms with Crippen molar-refractivity contribution >= 4 is 0 Å². The Morgan fingerprint density at radius 3 is 3.14 bits per heavy atom. The van der Waals surface area contributed by atoms with Crippen molar-refractivity contribution < 1.29 is 4.74 Å². The SMILES string of the molecule is COC(C)CN1CCCC2CNCC21. The first-order chi connectivity index (χ1) is 6.81. The molecule has 0 saturated carbocycles. The molecule has 3 heteroatoms. The van der Waals surface area contributed by atoms with Gasteiger partial charge in [-0.05, 0) is 38.8 Å². The van der Waals surface area contributed by atoms with Gasteiger partial charge in [-0.3, -0.25) is 4.90 Å². The van der Waals surface area contributed by atoms with Crippen LogP contribution in [0.2, 0.25) is 0 Å². The second-order valence-electron chi connectivity index (χ2n) is 4.67. The predicted octanol–water partition coefficient (Wildman–Crippen LogP) is 0.705. The average molecular weight is 198 g/mol. The summed E-state index contributed by atoms with van der Waals surface area (Å²) in [5.74, 6) is 0.896. The van der Waals surface area contributed by atoms with Crippen molar-refractivity contribution in [2.45, 2.75) is 31.9 Å². The van der Waals surface area contributed by atoms with Crippen LogP contribution in [0.1, 0.15) is 19.8 Å². The Bertz CT molecular complexity index is 186. The van der Waals surface area contributed by atoms with Crippen LogP contribution < -0.4 is 5.32 Å². The summed E-state index contributed by atoms with van der Waals surface area (Å²) in [6.07, 6.45) is 3.14. The van der Waals surface area contributed by atoms with Gasteiger partial charge in [0.25, 0.3) is 0 Å². The Morgan fingerprint density at radius 2 is 2.36 bits per heavy atom. The van der Waals surface area contributed by atoms with Crippen LogP contribution in [0.15, 0.2) is 0 Å². The maximum Gasteiger partial charge on any atom is 0.0670 e. The molecule has 2 rings (SSSR count). The molecule has 0 aliphatic carbocycles. The highest BCUT2D eigenvalue weighted by molar-refractivity contribution is 4.92. The molecule has 0 spiro atoms. The molecule has 2 aliphatic heterocycles. The third kappa shape index (κ3) is 2.10. The molecule has 82 valence electrons. The molecular weight excluding hydrogens is 176 g/mol.